The van der Waals surface area contributed by atoms with E-state index in [9.17, 15) is 0 Å². The molecule has 0 atom stereocenters. The van der Waals surface area contributed by atoms with Crippen molar-refractivity contribution >= 4 is 27.7 Å². The van der Waals surface area contributed by atoms with E-state index in [4.69, 9.17) is 5.11 Å². The third-order valence-corrected chi connectivity index (χ3v) is 3.83. The maximum Gasteiger partial charge on any atom is 0.172 e. The minimum atomic E-state index is 0.228. The van der Waals surface area contributed by atoms with Crippen LogP contribution in [-0.2, 0) is 0 Å². The molecule has 2 rings (SSSR count). The highest BCUT2D eigenvalue weighted by Gasteiger charge is 2.05. The van der Waals surface area contributed by atoms with Crippen molar-refractivity contribution in [1.29, 1.82) is 0 Å². The van der Waals surface area contributed by atoms with Crippen LogP contribution in [-0.4, -0.2) is 27.0 Å². The van der Waals surface area contributed by atoms with Crippen molar-refractivity contribution in [2.24, 2.45) is 0 Å². The first-order valence-electron chi connectivity index (χ1n) is 5.34. The van der Waals surface area contributed by atoms with Crippen LogP contribution in [0.1, 0.15) is 6.42 Å². The number of aromatic nitrogens is 2. The smallest absolute Gasteiger partial charge is 0.172 e. The Balaban J connectivity index is 2.15. The zero-order chi connectivity index (χ0) is 12.1. The highest BCUT2D eigenvalue weighted by Crippen LogP contribution is 2.22. The summed E-state index contributed by atoms with van der Waals surface area (Å²) in [6, 6.07) is 8.11. The molecule has 0 unspecified atom stereocenters. The molecule has 0 saturated heterocycles. The van der Waals surface area contributed by atoms with Gasteiger partial charge in [-0.2, -0.15) is 0 Å². The Morgan fingerprint density at radius 1 is 1.29 bits per heavy atom. The fourth-order valence-corrected chi connectivity index (χ4v) is 2.58. The van der Waals surface area contributed by atoms with Crippen LogP contribution < -0.4 is 0 Å². The van der Waals surface area contributed by atoms with Gasteiger partial charge in [-0.15, -0.1) is 0 Å². The molecule has 1 heterocycles. The number of aliphatic hydroxyl groups excluding tert-OH is 1. The highest BCUT2D eigenvalue weighted by molar-refractivity contribution is 9.10. The Labute approximate surface area is 113 Å². The lowest BCUT2D eigenvalue weighted by molar-refractivity contribution is 0.296. The largest absolute Gasteiger partial charge is 0.396 e. The summed E-state index contributed by atoms with van der Waals surface area (Å²) in [6.45, 7) is 0.228. The molecule has 1 aromatic carbocycles. The molecule has 0 aliphatic rings. The van der Waals surface area contributed by atoms with E-state index in [2.05, 4.69) is 25.5 Å². The van der Waals surface area contributed by atoms with E-state index in [0.717, 1.165) is 27.5 Å². The molecule has 0 radical (unpaired) electrons. The van der Waals surface area contributed by atoms with Crippen LogP contribution in [0.3, 0.4) is 0 Å². The molecule has 0 aliphatic carbocycles. The van der Waals surface area contributed by atoms with E-state index in [-0.39, 0.29) is 6.61 Å². The van der Waals surface area contributed by atoms with Crippen molar-refractivity contribution in [3.63, 3.8) is 0 Å². The van der Waals surface area contributed by atoms with Gasteiger partial charge >= 0.3 is 0 Å². The average molecular weight is 313 g/mol. The highest BCUT2D eigenvalue weighted by atomic mass is 79.9. The third-order valence-electron chi connectivity index (χ3n) is 2.25. The summed E-state index contributed by atoms with van der Waals surface area (Å²) in [5, 5.41) is 9.73. The van der Waals surface area contributed by atoms with Gasteiger partial charge in [0, 0.05) is 34.9 Å². The molecular formula is C12H13BrN2OS. The SMILES string of the molecule is OCCCSc1nccn1-c1ccc(Br)cc1. The summed E-state index contributed by atoms with van der Waals surface area (Å²) in [6.07, 6.45) is 4.53. The second kappa shape index (κ2) is 6.23. The number of halogens is 1. The lowest BCUT2D eigenvalue weighted by atomic mass is 10.3. The van der Waals surface area contributed by atoms with E-state index >= 15 is 0 Å². The van der Waals surface area contributed by atoms with Gasteiger partial charge in [-0.3, -0.25) is 4.57 Å². The van der Waals surface area contributed by atoms with E-state index < -0.39 is 0 Å². The number of aliphatic hydroxyl groups is 1. The molecule has 0 aliphatic heterocycles. The van der Waals surface area contributed by atoms with E-state index in [1.807, 2.05) is 30.5 Å². The van der Waals surface area contributed by atoms with Crippen LogP contribution >= 0.6 is 27.7 Å². The molecule has 0 spiro atoms. The molecule has 0 saturated carbocycles. The molecule has 0 bridgehead atoms. The third kappa shape index (κ3) is 3.34. The first-order chi connectivity index (χ1) is 8.31. The Hall–Kier alpha value is -0.780. The maximum atomic E-state index is 8.77. The quantitative estimate of drug-likeness (QED) is 0.681. The van der Waals surface area contributed by atoms with Crippen molar-refractivity contribution in [3.8, 4) is 5.69 Å². The van der Waals surface area contributed by atoms with Crippen molar-refractivity contribution in [2.75, 3.05) is 12.4 Å². The summed E-state index contributed by atoms with van der Waals surface area (Å²) in [5.74, 6) is 0.879. The maximum absolute atomic E-state index is 8.77. The van der Waals surface area contributed by atoms with Gasteiger partial charge in [-0.1, -0.05) is 27.7 Å². The molecule has 0 fully saturated rings. The Kier molecular flexibility index (Phi) is 4.65. The van der Waals surface area contributed by atoms with Gasteiger partial charge in [0.2, 0.25) is 0 Å². The summed E-state index contributed by atoms with van der Waals surface area (Å²) < 4.78 is 3.12. The molecule has 1 aromatic heterocycles. The van der Waals surface area contributed by atoms with Crippen LogP contribution in [0.25, 0.3) is 5.69 Å². The Morgan fingerprint density at radius 3 is 2.76 bits per heavy atom. The van der Waals surface area contributed by atoms with E-state index in [0.29, 0.717) is 0 Å². The summed E-state index contributed by atoms with van der Waals surface area (Å²) >= 11 is 5.08. The average Bonchev–Trinajstić information content (AvgIpc) is 2.79. The Morgan fingerprint density at radius 2 is 2.06 bits per heavy atom. The number of imidazole rings is 1. The van der Waals surface area contributed by atoms with Gasteiger partial charge in [0.05, 0.1) is 0 Å². The molecule has 5 heteroatoms. The lowest BCUT2D eigenvalue weighted by Gasteiger charge is -2.07. The zero-order valence-electron chi connectivity index (χ0n) is 9.21. The fraction of sp³-hybridized carbons (Fsp3) is 0.250. The number of rotatable bonds is 5. The van der Waals surface area contributed by atoms with E-state index in [1.54, 1.807) is 18.0 Å². The summed E-state index contributed by atoms with van der Waals surface area (Å²) in [5.41, 5.74) is 1.09. The minimum absolute atomic E-state index is 0.228. The van der Waals surface area contributed by atoms with Crippen molar-refractivity contribution < 1.29 is 5.11 Å². The molecule has 1 N–H and O–H groups in total. The first kappa shape index (κ1) is 12.7. The first-order valence-corrected chi connectivity index (χ1v) is 7.12. The van der Waals surface area contributed by atoms with Gasteiger partial charge in [0.25, 0.3) is 0 Å². The monoisotopic (exact) mass is 312 g/mol. The van der Waals surface area contributed by atoms with Crippen LogP contribution in [0, 0.1) is 0 Å². The Bertz CT molecular complexity index is 470. The summed E-state index contributed by atoms with van der Waals surface area (Å²) in [7, 11) is 0. The zero-order valence-corrected chi connectivity index (χ0v) is 11.6. The minimum Gasteiger partial charge on any atom is -0.396 e. The molecule has 17 heavy (non-hydrogen) atoms. The predicted octanol–water partition coefficient (Wildman–Crippen LogP) is 3.11. The molecule has 2 aromatic rings. The van der Waals surface area contributed by atoms with Gasteiger partial charge < -0.3 is 5.11 Å². The van der Waals surface area contributed by atoms with E-state index in [1.165, 1.54) is 0 Å². The van der Waals surface area contributed by atoms with Crippen molar-refractivity contribution in [3.05, 3.63) is 41.1 Å². The molecule has 0 amide bonds. The van der Waals surface area contributed by atoms with Gasteiger partial charge in [0.1, 0.15) is 0 Å². The second-order valence-electron chi connectivity index (χ2n) is 3.48. The number of thioether (sulfide) groups is 1. The number of hydrogen-bond donors (Lipinski definition) is 1. The molecule has 90 valence electrons. The standard InChI is InChI=1S/C12H13BrN2OS/c13-10-2-4-11(5-3-10)15-7-6-14-12(15)17-9-1-8-16/h2-7,16H,1,8-9H2. The normalized spacial score (nSPS) is 10.7. The van der Waals surface area contributed by atoms with Crippen molar-refractivity contribution in [2.45, 2.75) is 11.6 Å². The van der Waals surface area contributed by atoms with Crippen LogP contribution in [0.4, 0.5) is 0 Å². The fourth-order valence-electron chi connectivity index (χ4n) is 1.42. The summed E-state index contributed by atoms with van der Waals surface area (Å²) in [4.78, 5) is 4.32. The van der Waals surface area contributed by atoms with Crippen LogP contribution in [0.5, 0.6) is 0 Å². The van der Waals surface area contributed by atoms with Crippen LogP contribution in [0.2, 0.25) is 0 Å². The lowest BCUT2D eigenvalue weighted by Crippen LogP contribution is -1.96. The number of hydrogen-bond acceptors (Lipinski definition) is 3. The van der Waals surface area contributed by atoms with Gasteiger partial charge in [-0.25, -0.2) is 4.98 Å². The second-order valence-corrected chi connectivity index (χ2v) is 5.46. The van der Waals surface area contributed by atoms with Gasteiger partial charge in [0.15, 0.2) is 5.16 Å². The number of benzene rings is 1. The van der Waals surface area contributed by atoms with Gasteiger partial charge in [-0.05, 0) is 30.7 Å². The topological polar surface area (TPSA) is 38.1 Å². The predicted molar refractivity (Wildman–Crippen MR) is 73.7 cm³/mol. The van der Waals surface area contributed by atoms with Crippen LogP contribution in [0.15, 0.2) is 46.3 Å². The van der Waals surface area contributed by atoms with Crippen molar-refractivity contribution in [1.82, 2.24) is 9.55 Å². The molecule has 3 nitrogen and oxygen atoms in total. The molecular weight excluding hydrogens is 300 g/mol. The number of nitrogens with zero attached hydrogens (tertiary/aromatic N) is 2.